The number of benzene rings is 1. The number of likely N-dealkylation sites (tertiary alicyclic amines) is 1. The minimum Gasteiger partial charge on any atom is -0.504 e. The van der Waals surface area contributed by atoms with E-state index in [-0.39, 0.29) is 18.2 Å². The monoisotopic (exact) mass is 286 g/mol. The molecule has 2 rings (SSSR count). The number of aromatic hydroxyl groups is 1. The smallest absolute Gasteiger partial charge is 0.160 e. The molecule has 1 aromatic rings. The van der Waals surface area contributed by atoms with Crippen molar-refractivity contribution >= 4 is 12.4 Å². The highest BCUT2D eigenvalue weighted by Crippen LogP contribution is 2.27. The normalized spacial score (nSPS) is 16.9. The van der Waals surface area contributed by atoms with E-state index in [2.05, 4.69) is 10.2 Å². The average Bonchev–Trinajstić information content (AvgIpc) is 2.40. The lowest BCUT2D eigenvalue weighted by molar-refractivity contribution is 0.194. The van der Waals surface area contributed by atoms with Gasteiger partial charge in [-0.15, -0.1) is 12.4 Å². The lowest BCUT2D eigenvalue weighted by Crippen LogP contribution is -2.40. The zero-order valence-corrected chi connectivity index (χ0v) is 12.4. The summed E-state index contributed by atoms with van der Waals surface area (Å²) < 4.78 is 5.05. The summed E-state index contributed by atoms with van der Waals surface area (Å²) in [6.07, 6.45) is 2.39. The Bertz CT molecular complexity index is 393. The molecule has 0 bridgehead atoms. The van der Waals surface area contributed by atoms with Crippen LogP contribution in [0.25, 0.3) is 0 Å². The molecule has 0 saturated carbocycles. The van der Waals surface area contributed by atoms with Gasteiger partial charge in [-0.3, -0.25) is 4.90 Å². The zero-order valence-electron chi connectivity index (χ0n) is 11.6. The van der Waals surface area contributed by atoms with E-state index in [1.54, 1.807) is 13.2 Å². The highest BCUT2D eigenvalue weighted by atomic mass is 35.5. The molecule has 0 aromatic heterocycles. The number of ether oxygens (including phenoxy) is 1. The Labute approximate surface area is 121 Å². The van der Waals surface area contributed by atoms with E-state index in [1.165, 1.54) is 12.8 Å². The van der Waals surface area contributed by atoms with Crippen LogP contribution in [0, 0.1) is 0 Å². The number of phenols is 1. The first kappa shape index (κ1) is 16.1. The fourth-order valence-corrected chi connectivity index (χ4v) is 2.47. The van der Waals surface area contributed by atoms with Crippen molar-refractivity contribution in [1.29, 1.82) is 0 Å². The SMILES string of the molecule is CNC1CCN(Cc2ccc(OC)c(O)c2)CC1.Cl. The van der Waals surface area contributed by atoms with Gasteiger partial charge in [0.2, 0.25) is 0 Å². The summed E-state index contributed by atoms with van der Waals surface area (Å²) in [7, 11) is 3.60. The Morgan fingerprint density at radius 2 is 2.05 bits per heavy atom. The van der Waals surface area contributed by atoms with Crippen LogP contribution in [0.2, 0.25) is 0 Å². The van der Waals surface area contributed by atoms with E-state index < -0.39 is 0 Å². The lowest BCUT2D eigenvalue weighted by Gasteiger charge is -2.31. The summed E-state index contributed by atoms with van der Waals surface area (Å²) in [6, 6.07) is 6.29. The molecule has 1 fully saturated rings. The number of hydrogen-bond donors (Lipinski definition) is 2. The topological polar surface area (TPSA) is 44.7 Å². The van der Waals surface area contributed by atoms with Crippen LogP contribution in [0.1, 0.15) is 18.4 Å². The number of halogens is 1. The molecule has 0 radical (unpaired) electrons. The molecule has 19 heavy (non-hydrogen) atoms. The molecule has 0 unspecified atom stereocenters. The van der Waals surface area contributed by atoms with Gasteiger partial charge in [0.1, 0.15) is 0 Å². The van der Waals surface area contributed by atoms with Crippen LogP contribution in [0.15, 0.2) is 18.2 Å². The van der Waals surface area contributed by atoms with Crippen molar-refractivity contribution in [3.05, 3.63) is 23.8 Å². The first-order chi connectivity index (χ1) is 8.72. The fraction of sp³-hybridized carbons (Fsp3) is 0.571. The quantitative estimate of drug-likeness (QED) is 0.889. The minimum atomic E-state index is 0. The van der Waals surface area contributed by atoms with Crippen molar-refractivity contribution < 1.29 is 9.84 Å². The largest absolute Gasteiger partial charge is 0.504 e. The molecular formula is C14H23ClN2O2. The maximum absolute atomic E-state index is 9.75. The van der Waals surface area contributed by atoms with Crippen molar-refractivity contribution in [1.82, 2.24) is 10.2 Å². The molecule has 5 heteroatoms. The van der Waals surface area contributed by atoms with E-state index in [9.17, 15) is 5.11 Å². The maximum Gasteiger partial charge on any atom is 0.160 e. The zero-order chi connectivity index (χ0) is 13.0. The second kappa shape index (κ2) is 7.58. The van der Waals surface area contributed by atoms with Crippen LogP contribution < -0.4 is 10.1 Å². The van der Waals surface area contributed by atoms with Crippen molar-refractivity contribution in [2.75, 3.05) is 27.2 Å². The molecule has 1 aromatic carbocycles. The van der Waals surface area contributed by atoms with Gasteiger partial charge in [0.15, 0.2) is 11.5 Å². The lowest BCUT2D eigenvalue weighted by atomic mass is 10.0. The molecule has 2 N–H and O–H groups in total. The molecule has 1 aliphatic heterocycles. The van der Waals surface area contributed by atoms with Crippen LogP contribution in [0.4, 0.5) is 0 Å². The van der Waals surface area contributed by atoms with Gasteiger partial charge < -0.3 is 15.2 Å². The molecule has 108 valence electrons. The summed E-state index contributed by atoms with van der Waals surface area (Å²) >= 11 is 0. The number of nitrogens with one attached hydrogen (secondary N) is 1. The highest BCUT2D eigenvalue weighted by molar-refractivity contribution is 5.85. The van der Waals surface area contributed by atoms with Crippen molar-refractivity contribution in [2.45, 2.75) is 25.4 Å². The number of methoxy groups -OCH3 is 1. The van der Waals surface area contributed by atoms with Gasteiger partial charge in [0.05, 0.1) is 7.11 Å². The molecule has 0 spiro atoms. The van der Waals surface area contributed by atoms with Crippen LogP contribution in [0.5, 0.6) is 11.5 Å². The van der Waals surface area contributed by atoms with Gasteiger partial charge >= 0.3 is 0 Å². The van der Waals surface area contributed by atoms with Crippen LogP contribution >= 0.6 is 12.4 Å². The number of nitrogens with zero attached hydrogens (tertiary/aromatic N) is 1. The van der Waals surface area contributed by atoms with Gasteiger partial charge in [-0.1, -0.05) is 6.07 Å². The number of piperidine rings is 1. The van der Waals surface area contributed by atoms with Crippen molar-refractivity contribution in [2.24, 2.45) is 0 Å². The Hall–Kier alpha value is -0.970. The highest BCUT2D eigenvalue weighted by Gasteiger charge is 2.17. The first-order valence-electron chi connectivity index (χ1n) is 6.48. The van der Waals surface area contributed by atoms with Gasteiger partial charge in [0.25, 0.3) is 0 Å². The summed E-state index contributed by atoms with van der Waals surface area (Å²) in [4.78, 5) is 2.43. The molecule has 1 heterocycles. The molecule has 1 saturated heterocycles. The summed E-state index contributed by atoms with van der Waals surface area (Å²) in [5.74, 6) is 0.757. The fourth-order valence-electron chi connectivity index (χ4n) is 2.47. The van der Waals surface area contributed by atoms with E-state index in [4.69, 9.17) is 4.74 Å². The van der Waals surface area contributed by atoms with Gasteiger partial charge in [-0.2, -0.15) is 0 Å². The molecular weight excluding hydrogens is 264 g/mol. The summed E-state index contributed by atoms with van der Waals surface area (Å²) in [5, 5.41) is 13.1. The van der Waals surface area contributed by atoms with Gasteiger partial charge in [-0.05, 0) is 50.7 Å². The number of phenolic OH excluding ortho intramolecular Hbond substituents is 1. The third-order valence-electron chi connectivity index (χ3n) is 3.65. The predicted molar refractivity (Wildman–Crippen MR) is 79.3 cm³/mol. The van der Waals surface area contributed by atoms with Crippen molar-refractivity contribution in [3.63, 3.8) is 0 Å². The Balaban J connectivity index is 0.00000180. The van der Waals surface area contributed by atoms with E-state index in [1.807, 2.05) is 19.2 Å². The Morgan fingerprint density at radius 3 is 2.58 bits per heavy atom. The van der Waals surface area contributed by atoms with Crippen LogP contribution in [-0.2, 0) is 6.54 Å². The maximum atomic E-state index is 9.75. The number of hydrogen-bond acceptors (Lipinski definition) is 4. The van der Waals surface area contributed by atoms with Crippen LogP contribution in [0.3, 0.4) is 0 Å². The van der Waals surface area contributed by atoms with Gasteiger partial charge in [0, 0.05) is 12.6 Å². The van der Waals surface area contributed by atoms with Gasteiger partial charge in [-0.25, -0.2) is 0 Å². The predicted octanol–water partition coefficient (Wildman–Crippen LogP) is 2.01. The average molecular weight is 287 g/mol. The Kier molecular flexibility index (Phi) is 6.42. The molecule has 0 atom stereocenters. The second-order valence-corrected chi connectivity index (χ2v) is 4.85. The standard InChI is InChI=1S/C14H22N2O2.ClH/c1-15-12-5-7-16(8-6-12)10-11-3-4-14(18-2)13(17)9-11;/h3-4,9,12,15,17H,5-8,10H2,1-2H3;1H. The first-order valence-corrected chi connectivity index (χ1v) is 6.48. The van der Waals surface area contributed by atoms with Crippen LogP contribution in [-0.4, -0.2) is 43.3 Å². The molecule has 0 amide bonds. The van der Waals surface area contributed by atoms with Crippen molar-refractivity contribution in [3.8, 4) is 11.5 Å². The molecule has 1 aliphatic rings. The van der Waals surface area contributed by atoms with E-state index in [0.717, 1.165) is 25.2 Å². The molecule has 0 aliphatic carbocycles. The van der Waals surface area contributed by atoms with E-state index in [0.29, 0.717) is 11.8 Å². The second-order valence-electron chi connectivity index (χ2n) is 4.85. The third-order valence-corrected chi connectivity index (χ3v) is 3.65. The molecule has 4 nitrogen and oxygen atoms in total. The minimum absolute atomic E-state index is 0. The summed E-state index contributed by atoms with van der Waals surface area (Å²) in [6.45, 7) is 3.12. The third kappa shape index (κ3) is 4.27. The Morgan fingerprint density at radius 1 is 1.37 bits per heavy atom. The van der Waals surface area contributed by atoms with E-state index >= 15 is 0 Å². The number of rotatable bonds is 4. The summed E-state index contributed by atoms with van der Waals surface area (Å²) in [5.41, 5.74) is 1.14.